The number of benzene rings is 2. The van der Waals surface area contributed by atoms with Gasteiger partial charge in [-0.2, -0.15) is 0 Å². The van der Waals surface area contributed by atoms with E-state index in [2.05, 4.69) is 9.47 Å². The average molecular weight is 461 g/mol. The molecule has 0 saturated carbocycles. The number of halogens is 2. The van der Waals surface area contributed by atoms with Crippen LogP contribution in [0.2, 0.25) is 10.0 Å². The summed E-state index contributed by atoms with van der Waals surface area (Å²) in [6, 6.07) is 6.38. The van der Waals surface area contributed by atoms with Gasteiger partial charge in [-0.25, -0.2) is 9.59 Å². The summed E-state index contributed by atoms with van der Waals surface area (Å²) in [4.78, 5) is 43.0. The maximum absolute atomic E-state index is 11.6. The number of rotatable bonds is 7. The molecule has 0 unspecified atom stereocenters. The molecule has 14 heteroatoms. The van der Waals surface area contributed by atoms with E-state index in [-0.39, 0.29) is 32.9 Å². The van der Waals surface area contributed by atoms with E-state index in [1.54, 1.807) is 0 Å². The van der Waals surface area contributed by atoms with Crippen LogP contribution < -0.4 is 9.47 Å². The van der Waals surface area contributed by atoms with Crippen molar-refractivity contribution in [3.05, 3.63) is 66.7 Å². The quantitative estimate of drug-likeness (QED) is 0.188. The maximum Gasteiger partial charge on any atom is 0.514 e. The third-order valence-corrected chi connectivity index (χ3v) is 3.75. The van der Waals surface area contributed by atoms with Crippen LogP contribution >= 0.6 is 23.2 Å². The molecule has 0 radical (unpaired) electrons. The molecule has 0 N–H and O–H groups in total. The predicted molar refractivity (Wildman–Crippen MR) is 100 cm³/mol. The molecule has 0 aliphatic heterocycles. The van der Waals surface area contributed by atoms with Crippen molar-refractivity contribution < 1.29 is 38.4 Å². The molecule has 0 atom stereocenters. The Balaban J connectivity index is 1.75. The Kier molecular flexibility index (Phi) is 7.72. The first-order chi connectivity index (χ1) is 14.2. The molecule has 30 heavy (non-hydrogen) atoms. The number of nitro benzene ring substituents is 2. The zero-order chi connectivity index (χ0) is 22.3. The Morgan fingerprint density at radius 1 is 0.767 bits per heavy atom. The van der Waals surface area contributed by atoms with Crippen molar-refractivity contribution in [1.29, 1.82) is 0 Å². The highest BCUT2D eigenvalue weighted by atomic mass is 35.5. The predicted octanol–water partition coefficient (Wildman–Crippen LogP) is 4.54. The lowest BCUT2D eigenvalue weighted by Crippen LogP contribution is -2.18. The molecule has 158 valence electrons. The SMILES string of the molecule is O=C(OCCOC(=O)Oc1ccc([N+](=O)[O-])cc1Cl)Oc1ccc([N+](=O)[O-])cc1Cl. The second-order valence-electron chi connectivity index (χ2n) is 5.14. The van der Waals surface area contributed by atoms with Crippen LogP contribution in [0, 0.1) is 20.2 Å². The Labute approximate surface area is 177 Å². The fourth-order valence-corrected chi connectivity index (χ4v) is 2.29. The molecule has 12 nitrogen and oxygen atoms in total. The van der Waals surface area contributed by atoms with Gasteiger partial charge < -0.3 is 18.9 Å². The fraction of sp³-hybridized carbons (Fsp3) is 0.125. The van der Waals surface area contributed by atoms with E-state index in [1.165, 1.54) is 0 Å². The number of carbonyl (C=O) groups excluding carboxylic acids is 2. The van der Waals surface area contributed by atoms with Crippen molar-refractivity contribution in [3.63, 3.8) is 0 Å². The molecule has 0 fully saturated rings. The third kappa shape index (κ3) is 6.46. The van der Waals surface area contributed by atoms with Crippen LogP contribution in [-0.2, 0) is 9.47 Å². The van der Waals surface area contributed by atoms with E-state index in [1.807, 2.05) is 0 Å². The highest BCUT2D eigenvalue weighted by molar-refractivity contribution is 6.32. The van der Waals surface area contributed by atoms with Gasteiger partial charge in [-0.05, 0) is 12.1 Å². The molecule has 0 aliphatic carbocycles. The molecule has 0 spiro atoms. The van der Waals surface area contributed by atoms with Crippen LogP contribution in [0.5, 0.6) is 11.5 Å². The van der Waals surface area contributed by atoms with Crippen LogP contribution in [-0.4, -0.2) is 35.4 Å². The van der Waals surface area contributed by atoms with Gasteiger partial charge in [0.1, 0.15) is 13.2 Å². The normalized spacial score (nSPS) is 10.1. The molecule has 2 aromatic rings. The molecule has 0 amide bonds. The van der Waals surface area contributed by atoms with Crippen molar-refractivity contribution in [2.75, 3.05) is 13.2 Å². The van der Waals surface area contributed by atoms with Gasteiger partial charge in [0.2, 0.25) is 0 Å². The Morgan fingerprint density at radius 2 is 1.13 bits per heavy atom. The summed E-state index contributed by atoms with van der Waals surface area (Å²) in [5, 5.41) is 20.9. The molecular weight excluding hydrogens is 451 g/mol. The van der Waals surface area contributed by atoms with Crippen molar-refractivity contribution in [3.8, 4) is 11.5 Å². The van der Waals surface area contributed by atoms with Crippen molar-refractivity contribution in [1.82, 2.24) is 0 Å². The molecule has 2 aromatic carbocycles. The second kappa shape index (κ2) is 10.2. The minimum absolute atomic E-state index is 0.166. The first-order valence-electron chi connectivity index (χ1n) is 7.74. The second-order valence-corrected chi connectivity index (χ2v) is 5.96. The summed E-state index contributed by atoms with van der Waals surface area (Å²) in [6.45, 7) is -0.820. The van der Waals surface area contributed by atoms with E-state index < -0.39 is 35.4 Å². The third-order valence-electron chi connectivity index (χ3n) is 3.16. The zero-order valence-electron chi connectivity index (χ0n) is 14.6. The van der Waals surface area contributed by atoms with Crippen LogP contribution in [0.4, 0.5) is 21.0 Å². The molecule has 0 saturated heterocycles. The van der Waals surface area contributed by atoms with Gasteiger partial charge in [0, 0.05) is 24.3 Å². The molecule has 0 heterocycles. The summed E-state index contributed by atoms with van der Waals surface area (Å²) in [6.07, 6.45) is -2.39. The van der Waals surface area contributed by atoms with Gasteiger partial charge in [0.15, 0.2) is 11.5 Å². The smallest absolute Gasteiger partial charge is 0.430 e. The summed E-state index contributed by atoms with van der Waals surface area (Å²) in [5.74, 6) is -0.333. The minimum atomic E-state index is -1.19. The maximum atomic E-state index is 11.6. The monoisotopic (exact) mass is 460 g/mol. The summed E-state index contributed by atoms with van der Waals surface area (Å²) < 4.78 is 18.9. The van der Waals surface area contributed by atoms with E-state index in [0.29, 0.717) is 0 Å². The summed E-state index contributed by atoms with van der Waals surface area (Å²) >= 11 is 11.5. The minimum Gasteiger partial charge on any atom is -0.430 e. The average Bonchev–Trinajstić information content (AvgIpc) is 2.68. The molecular formula is C16H10Cl2N2O10. The van der Waals surface area contributed by atoms with Crippen molar-refractivity contribution >= 4 is 46.9 Å². The number of carbonyl (C=O) groups is 2. The van der Waals surface area contributed by atoms with Gasteiger partial charge in [-0.1, -0.05) is 23.2 Å². The summed E-state index contributed by atoms with van der Waals surface area (Å²) in [7, 11) is 0. The van der Waals surface area contributed by atoms with Gasteiger partial charge in [-0.3, -0.25) is 20.2 Å². The van der Waals surface area contributed by atoms with E-state index in [0.717, 1.165) is 36.4 Å². The fourth-order valence-electron chi connectivity index (χ4n) is 1.86. The van der Waals surface area contributed by atoms with Crippen LogP contribution in [0.1, 0.15) is 0 Å². The number of hydrogen-bond acceptors (Lipinski definition) is 10. The lowest BCUT2D eigenvalue weighted by Gasteiger charge is -2.08. The zero-order valence-corrected chi connectivity index (χ0v) is 16.1. The standard InChI is InChI=1S/C16H10Cl2N2O10/c17-11-7-9(19(23)24)1-3-13(11)29-15(21)27-5-6-28-16(22)30-14-4-2-10(20(25)26)8-12(14)18/h1-4,7-8H,5-6H2. The first kappa shape index (κ1) is 22.6. The van der Waals surface area contributed by atoms with Crippen LogP contribution in [0.15, 0.2) is 36.4 Å². The number of ether oxygens (including phenoxy) is 4. The largest absolute Gasteiger partial charge is 0.514 e. The molecule has 0 aromatic heterocycles. The van der Waals surface area contributed by atoms with Crippen LogP contribution in [0.25, 0.3) is 0 Å². The molecule has 0 bridgehead atoms. The highest BCUT2D eigenvalue weighted by Gasteiger charge is 2.16. The first-order valence-corrected chi connectivity index (χ1v) is 8.50. The Hall–Kier alpha value is -3.64. The number of hydrogen-bond donors (Lipinski definition) is 0. The van der Waals surface area contributed by atoms with Gasteiger partial charge in [0.25, 0.3) is 11.4 Å². The lowest BCUT2D eigenvalue weighted by atomic mass is 10.3. The van der Waals surface area contributed by atoms with Crippen LogP contribution in [0.3, 0.4) is 0 Å². The van der Waals surface area contributed by atoms with Crippen molar-refractivity contribution in [2.45, 2.75) is 0 Å². The van der Waals surface area contributed by atoms with Crippen molar-refractivity contribution in [2.24, 2.45) is 0 Å². The van der Waals surface area contributed by atoms with Gasteiger partial charge >= 0.3 is 12.3 Å². The number of non-ortho nitro benzene ring substituents is 2. The lowest BCUT2D eigenvalue weighted by molar-refractivity contribution is -0.385. The van der Waals surface area contributed by atoms with E-state index in [9.17, 15) is 29.8 Å². The topological polar surface area (TPSA) is 157 Å². The van der Waals surface area contributed by atoms with Gasteiger partial charge in [0.05, 0.1) is 19.9 Å². The molecule has 0 aliphatic rings. The number of nitro groups is 2. The molecule has 2 rings (SSSR count). The highest BCUT2D eigenvalue weighted by Crippen LogP contribution is 2.29. The van der Waals surface area contributed by atoms with E-state index >= 15 is 0 Å². The summed E-state index contributed by atoms with van der Waals surface area (Å²) in [5.41, 5.74) is -0.582. The Bertz CT molecular complexity index is 918. The van der Waals surface area contributed by atoms with Gasteiger partial charge in [-0.15, -0.1) is 0 Å². The van der Waals surface area contributed by atoms with E-state index in [4.69, 9.17) is 32.7 Å². The Morgan fingerprint density at radius 3 is 1.43 bits per heavy atom. The number of nitrogens with zero attached hydrogens (tertiary/aromatic N) is 2.